The number of ether oxygens (including phenoxy) is 1. The van der Waals surface area contributed by atoms with E-state index in [9.17, 15) is 10.3 Å². The number of hydrogen-bond acceptors (Lipinski definition) is 4. The third-order valence-corrected chi connectivity index (χ3v) is 3.11. The number of aliphatic hydroxyl groups excluding tert-OH is 1. The van der Waals surface area contributed by atoms with Crippen molar-refractivity contribution in [1.82, 2.24) is 0 Å². The van der Waals surface area contributed by atoms with Crippen LogP contribution in [0.4, 0.5) is 5.69 Å². The first-order valence-corrected chi connectivity index (χ1v) is 6.76. The van der Waals surface area contributed by atoms with E-state index in [-0.39, 0.29) is 0 Å². The number of methoxy groups -OCH3 is 1. The summed E-state index contributed by atoms with van der Waals surface area (Å²) in [5.41, 5.74) is 1.50. The molecule has 4 heteroatoms. The molecule has 0 aliphatic heterocycles. The second kappa shape index (κ2) is 7.36. The first kappa shape index (κ1) is 15.8. The molecule has 0 spiro atoms. The van der Waals surface area contributed by atoms with Gasteiger partial charge in [0.25, 0.3) is 0 Å². The van der Waals surface area contributed by atoms with E-state index in [4.69, 9.17) is 4.74 Å². The molecule has 0 heterocycles. The molecule has 0 aliphatic rings. The first-order chi connectivity index (χ1) is 8.95. The normalized spacial score (nSPS) is 12.6. The lowest BCUT2D eigenvalue weighted by Crippen LogP contribution is -2.32. The van der Waals surface area contributed by atoms with Crippen molar-refractivity contribution in [2.45, 2.75) is 46.3 Å². The molecule has 0 amide bonds. The van der Waals surface area contributed by atoms with Gasteiger partial charge in [-0.25, -0.2) is 5.06 Å². The van der Waals surface area contributed by atoms with Gasteiger partial charge in [-0.15, -0.1) is 0 Å². The van der Waals surface area contributed by atoms with Gasteiger partial charge in [-0.3, -0.25) is 5.21 Å². The molecule has 0 saturated carbocycles. The smallest absolute Gasteiger partial charge is 0.151 e. The van der Waals surface area contributed by atoms with Gasteiger partial charge in [0.1, 0.15) is 11.4 Å². The highest BCUT2D eigenvalue weighted by Gasteiger charge is 2.18. The monoisotopic (exact) mass is 267 g/mol. The molecule has 0 aliphatic carbocycles. The van der Waals surface area contributed by atoms with Crippen LogP contribution in [0.2, 0.25) is 0 Å². The quantitative estimate of drug-likeness (QED) is 0.587. The van der Waals surface area contributed by atoms with E-state index in [2.05, 4.69) is 13.8 Å². The number of hydrogen-bond donors (Lipinski definition) is 2. The molecule has 0 bridgehead atoms. The lowest BCUT2D eigenvalue weighted by molar-refractivity contribution is 0.0566. The van der Waals surface area contributed by atoms with Crippen LogP contribution in [-0.4, -0.2) is 23.7 Å². The fourth-order valence-electron chi connectivity index (χ4n) is 1.97. The van der Waals surface area contributed by atoms with Crippen molar-refractivity contribution >= 4 is 5.69 Å². The van der Waals surface area contributed by atoms with Crippen LogP contribution in [0.5, 0.6) is 5.75 Å². The molecule has 19 heavy (non-hydrogen) atoms. The Balaban J connectivity index is 2.70. The van der Waals surface area contributed by atoms with Crippen LogP contribution in [0.25, 0.3) is 0 Å². The standard InChI is InChI=1S/C15H25NO3/c1-11(2)6-5-7-15(17)16(18)13-10-12(3)8-9-14(13)19-4/h8-11,15,17-18H,5-7H2,1-4H3/t15-/m0/s1. The second-order valence-corrected chi connectivity index (χ2v) is 5.33. The Morgan fingerprint density at radius 3 is 2.53 bits per heavy atom. The number of aryl methyl sites for hydroxylation is 1. The van der Waals surface area contributed by atoms with Gasteiger partial charge >= 0.3 is 0 Å². The fourth-order valence-corrected chi connectivity index (χ4v) is 1.97. The Kier molecular flexibility index (Phi) is 6.12. The van der Waals surface area contributed by atoms with Crippen molar-refractivity contribution in [2.24, 2.45) is 5.92 Å². The molecule has 1 atom stereocenters. The number of anilines is 1. The molecule has 0 unspecified atom stereocenters. The summed E-state index contributed by atoms with van der Waals surface area (Å²) in [7, 11) is 1.55. The average Bonchev–Trinajstić information content (AvgIpc) is 2.37. The van der Waals surface area contributed by atoms with Crippen molar-refractivity contribution in [1.29, 1.82) is 0 Å². The Hall–Kier alpha value is -1.26. The summed E-state index contributed by atoms with van der Waals surface area (Å²) in [4.78, 5) is 0. The Morgan fingerprint density at radius 2 is 1.95 bits per heavy atom. The predicted molar refractivity (Wildman–Crippen MR) is 76.7 cm³/mol. The van der Waals surface area contributed by atoms with E-state index in [1.165, 1.54) is 0 Å². The topological polar surface area (TPSA) is 52.9 Å². The molecular formula is C15H25NO3. The van der Waals surface area contributed by atoms with E-state index < -0.39 is 6.23 Å². The van der Waals surface area contributed by atoms with Crippen molar-refractivity contribution in [2.75, 3.05) is 12.2 Å². The zero-order valence-electron chi connectivity index (χ0n) is 12.3. The highest BCUT2D eigenvalue weighted by molar-refractivity contribution is 5.58. The van der Waals surface area contributed by atoms with E-state index in [0.717, 1.165) is 23.5 Å². The molecule has 0 saturated heterocycles. The van der Waals surface area contributed by atoms with Gasteiger partial charge in [0.05, 0.1) is 7.11 Å². The number of rotatable bonds is 7. The first-order valence-electron chi connectivity index (χ1n) is 6.76. The van der Waals surface area contributed by atoms with Gasteiger partial charge in [-0.2, -0.15) is 0 Å². The summed E-state index contributed by atoms with van der Waals surface area (Å²) in [6, 6.07) is 5.49. The van der Waals surface area contributed by atoms with Gasteiger partial charge in [0.2, 0.25) is 0 Å². The highest BCUT2D eigenvalue weighted by atomic mass is 16.5. The number of aliphatic hydroxyl groups is 1. The zero-order chi connectivity index (χ0) is 14.4. The molecule has 4 nitrogen and oxygen atoms in total. The summed E-state index contributed by atoms with van der Waals surface area (Å²) < 4.78 is 5.20. The van der Waals surface area contributed by atoms with Crippen molar-refractivity contribution in [3.8, 4) is 5.75 Å². The third kappa shape index (κ3) is 4.73. The maximum absolute atomic E-state index is 10.1. The summed E-state index contributed by atoms with van der Waals surface area (Å²) in [6.45, 7) is 6.22. The van der Waals surface area contributed by atoms with Crippen molar-refractivity contribution in [3.05, 3.63) is 23.8 Å². The van der Waals surface area contributed by atoms with Crippen LogP contribution >= 0.6 is 0 Å². The molecule has 0 aromatic heterocycles. The minimum absolute atomic E-state index is 0.500. The maximum atomic E-state index is 10.1. The molecule has 1 aromatic rings. The van der Waals surface area contributed by atoms with Crippen LogP contribution in [0.1, 0.15) is 38.7 Å². The van der Waals surface area contributed by atoms with E-state index in [1.54, 1.807) is 19.2 Å². The lowest BCUT2D eigenvalue weighted by atomic mass is 10.1. The average molecular weight is 267 g/mol. The van der Waals surface area contributed by atoms with Gasteiger partial charge in [0, 0.05) is 0 Å². The van der Waals surface area contributed by atoms with Crippen molar-refractivity contribution < 1.29 is 15.1 Å². The minimum atomic E-state index is -0.908. The van der Waals surface area contributed by atoms with E-state index >= 15 is 0 Å². The maximum Gasteiger partial charge on any atom is 0.151 e. The molecule has 1 rings (SSSR count). The molecular weight excluding hydrogens is 242 g/mol. The van der Waals surface area contributed by atoms with Crippen LogP contribution in [0, 0.1) is 12.8 Å². The highest BCUT2D eigenvalue weighted by Crippen LogP contribution is 2.30. The van der Waals surface area contributed by atoms with Crippen LogP contribution < -0.4 is 9.80 Å². The van der Waals surface area contributed by atoms with Crippen LogP contribution in [0.3, 0.4) is 0 Å². The zero-order valence-corrected chi connectivity index (χ0v) is 12.3. The van der Waals surface area contributed by atoms with Crippen LogP contribution in [0.15, 0.2) is 18.2 Å². The van der Waals surface area contributed by atoms with Gasteiger partial charge < -0.3 is 9.84 Å². The predicted octanol–water partition coefficient (Wildman–Crippen LogP) is 3.34. The summed E-state index contributed by atoms with van der Waals surface area (Å²) in [6.07, 6.45) is 1.54. The summed E-state index contributed by atoms with van der Waals surface area (Å²) in [5.74, 6) is 1.16. The molecule has 108 valence electrons. The fraction of sp³-hybridized carbons (Fsp3) is 0.600. The summed E-state index contributed by atoms with van der Waals surface area (Å²) >= 11 is 0. The Labute approximate surface area is 115 Å². The minimum Gasteiger partial charge on any atom is -0.494 e. The van der Waals surface area contributed by atoms with Gasteiger partial charge in [0.15, 0.2) is 6.23 Å². The molecule has 0 fully saturated rings. The molecule has 1 aromatic carbocycles. The number of hydroxylamine groups is 1. The molecule has 0 radical (unpaired) electrons. The van der Waals surface area contributed by atoms with Crippen LogP contribution in [-0.2, 0) is 0 Å². The third-order valence-electron chi connectivity index (χ3n) is 3.11. The SMILES string of the molecule is COc1ccc(C)cc1N(O)[C@@H](O)CCCC(C)C. The largest absolute Gasteiger partial charge is 0.494 e. The lowest BCUT2D eigenvalue weighted by Gasteiger charge is -2.25. The van der Waals surface area contributed by atoms with Gasteiger partial charge in [-0.1, -0.05) is 26.3 Å². The summed E-state index contributed by atoms with van der Waals surface area (Å²) in [5, 5.41) is 21.0. The van der Waals surface area contributed by atoms with E-state index in [1.807, 2.05) is 13.0 Å². The Morgan fingerprint density at radius 1 is 1.26 bits per heavy atom. The van der Waals surface area contributed by atoms with Gasteiger partial charge in [-0.05, 0) is 43.4 Å². The number of benzene rings is 1. The van der Waals surface area contributed by atoms with E-state index in [0.29, 0.717) is 23.8 Å². The number of nitrogens with zero attached hydrogens (tertiary/aromatic N) is 1. The second-order valence-electron chi connectivity index (χ2n) is 5.33. The Bertz CT molecular complexity index is 393. The molecule has 2 N–H and O–H groups in total. The van der Waals surface area contributed by atoms with Crippen molar-refractivity contribution in [3.63, 3.8) is 0 Å².